The SMILES string of the molecule is COc1cc(CN(C(=O)C2=C(c3ccc(CCCOc4c(F)ccc(F)c4F)cc3)CCNC2)C2CC2)cc(OC)c1. The molecule has 6 nitrogen and oxygen atoms in total. The molecule has 1 heterocycles. The molecule has 1 aliphatic heterocycles. The third-order valence-corrected chi connectivity index (χ3v) is 7.65. The van der Waals surface area contributed by atoms with Crippen molar-refractivity contribution >= 4 is 11.5 Å². The number of nitrogens with one attached hydrogen (secondary N) is 1. The van der Waals surface area contributed by atoms with Crippen molar-refractivity contribution in [2.24, 2.45) is 0 Å². The van der Waals surface area contributed by atoms with Crippen LogP contribution in [-0.2, 0) is 17.8 Å². The molecule has 0 saturated heterocycles. The van der Waals surface area contributed by atoms with Crippen molar-refractivity contribution in [3.8, 4) is 17.2 Å². The molecule has 0 aromatic heterocycles. The molecule has 3 aromatic rings. The Hall–Kier alpha value is -3.98. The zero-order chi connectivity index (χ0) is 29.6. The Kier molecular flexibility index (Phi) is 9.37. The molecule has 1 N–H and O–H groups in total. The maximum atomic E-state index is 14.0. The molecule has 1 fully saturated rings. The fourth-order valence-electron chi connectivity index (χ4n) is 5.25. The van der Waals surface area contributed by atoms with Gasteiger partial charge in [-0.25, -0.2) is 8.78 Å². The second kappa shape index (κ2) is 13.3. The van der Waals surface area contributed by atoms with Gasteiger partial charge in [-0.3, -0.25) is 4.79 Å². The maximum absolute atomic E-state index is 14.0. The van der Waals surface area contributed by atoms with Gasteiger partial charge in [0.15, 0.2) is 17.4 Å². The van der Waals surface area contributed by atoms with E-state index in [2.05, 4.69) is 5.32 Å². The van der Waals surface area contributed by atoms with E-state index in [1.165, 1.54) is 0 Å². The molecule has 0 spiro atoms. The van der Waals surface area contributed by atoms with Gasteiger partial charge >= 0.3 is 0 Å². The summed E-state index contributed by atoms with van der Waals surface area (Å²) in [5.41, 5.74) is 4.80. The predicted octanol–water partition coefficient (Wildman–Crippen LogP) is 6.07. The van der Waals surface area contributed by atoms with Crippen molar-refractivity contribution in [1.29, 1.82) is 0 Å². The minimum Gasteiger partial charge on any atom is -0.497 e. The molecule has 0 bridgehead atoms. The topological polar surface area (TPSA) is 60.0 Å². The van der Waals surface area contributed by atoms with Crippen LogP contribution in [0.2, 0.25) is 0 Å². The van der Waals surface area contributed by atoms with Gasteiger partial charge in [0.2, 0.25) is 5.82 Å². The highest BCUT2D eigenvalue weighted by molar-refractivity contribution is 6.02. The second-order valence-electron chi connectivity index (χ2n) is 10.6. The van der Waals surface area contributed by atoms with E-state index in [9.17, 15) is 18.0 Å². The largest absolute Gasteiger partial charge is 0.497 e. The molecule has 42 heavy (non-hydrogen) atoms. The summed E-state index contributed by atoms with van der Waals surface area (Å²) in [5, 5.41) is 3.36. The monoisotopic (exact) mass is 580 g/mol. The summed E-state index contributed by atoms with van der Waals surface area (Å²) in [4.78, 5) is 15.9. The highest BCUT2D eigenvalue weighted by Gasteiger charge is 2.35. The van der Waals surface area contributed by atoms with Crippen LogP contribution >= 0.6 is 0 Å². The van der Waals surface area contributed by atoms with Gasteiger partial charge in [-0.2, -0.15) is 4.39 Å². The van der Waals surface area contributed by atoms with Gasteiger partial charge in [0.25, 0.3) is 5.91 Å². The van der Waals surface area contributed by atoms with Gasteiger partial charge in [-0.1, -0.05) is 24.3 Å². The zero-order valence-corrected chi connectivity index (χ0v) is 23.9. The Labute approximate surface area is 244 Å². The number of aryl methyl sites for hydroxylation is 1. The van der Waals surface area contributed by atoms with Crippen LogP contribution in [0.3, 0.4) is 0 Å². The number of rotatable bonds is 12. The van der Waals surface area contributed by atoms with Crippen molar-refractivity contribution in [2.75, 3.05) is 33.9 Å². The summed E-state index contributed by atoms with van der Waals surface area (Å²) < 4.78 is 57.0. The standard InChI is InChI=1S/C33H35F3N2O4/c1-40-25-16-22(17-26(18-25)41-2)20-38(24-9-10-24)33(39)28-19-37-14-13-27(28)23-7-5-21(6-8-23)4-3-15-42-32-30(35)12-11-29(34)31(32)36/h5-8,11-12,16-18,24,37H,3-4,9-10,13-15,19-20H2,1-2H3. The Morgan fingerprint density at radius 3 is 2.29 bits per heavy atom. The van der Waals surface area contributed by atoms with Crippen LogP contribution in [0, 0.1) is 17.5 Å². The van der Waals surface area contributed by atoms with Crippen LogP contribution < -0.4 is 19.5 Å². The Morgan fingerprint density at radius 1 is 0.929 bits per heavy atom. The highest BCUT2D eigenvalue weighted by atomic mass is 19.2. The lowest BCUT2D eigenvalue weighted by Crippen LogP contribution is -2.39. The Morgan fingerprint density at radius 2 is 1.62 bits per heavy atom. The first-order chi connectivity index (χ1) is 20.4. The average Bonchev–Trinajstić information content (AvgIpc) is 3.87. The molecule has 1 amide bonds. The predicted molar refractivity (Wildman–Crippen MR) is 154 cm³/mol. The molecule has 0 atom stereocenters. The summed E-state index contributed by atoms with van der Waals surface area (Å²) >= 11 is 0. The number of benzene rings is 3. The number of hydrogen-bond donors (Lipinski definition) is 1. The minimum absolute atomic E-state index is 0.0412. The van der Waals surface area contributed by atoms with Gasteiger partial charge in [0.05, 0.1) is 20.8 Å². The highest BCUT2D eigenvalue weighted by Crippen LogP contribution is 2.34. The van der Waals surface area contributed by atoms with E-state index >= 15 is 0 Å². The number of halogens is 3. The van der Waals surface area contributed by atoms with Gasteiger partial charge in [-0.05, 0) is 85.2 Å². The summed E-state index contributed by atoms with van der Waals surface area (Å²) in [5.74, 6) is -2.66. The van der Waals surface area contributed by atoms with E-state index in [1.807, 2.05) is 47.4 Å². The lowest BCUT2D eigenvalue weighted by atomic mass is 9.92. The molecule has 9 heteroatoms. The second-order valence-corrected chi connectivity index (χ2v) is 10.6. The van der Waals surface area contributed by atoms with Gasteiger partial charge in [-0.15, -0.1) is 0 Å². The first-order valence-electron chi connectivity index (χ1n) is 14.2. The molecular formula is C33H35F3N2O4. The number of amides is 1. The van der Waals surface area contributed by atoms with E-state index in [0.717, 1.165) is 65.8 Å². The van der Waals surface area contributed by atoms with E-state index in [-0.39, 0.29) is 18.6 Å². The summed E-state index contributed by atoms with van der Waals surface area (Å²) in [6.45, 7) is 1.81. The fraction of sp³-hybridized carbons (Fsp3) is 0.364. The summed E-state index contributed by atoms with van der Waals surface area (Å²) in [7, 11) is 3.23. The van der Waals surface area contributed by atoms with E-state index < -0.39 is 23.2 Å². The first-order valence-corrected chi connectivity index (χ1v) is 14.2. The van der Waals surface area contributed by atoms with Crippen LogP contribution in [0.15, 0.2) is 60.2 Å². The number of nitrogens with zero attached hydrogens (tertiary/aromatic N) is 1. The maximum Gasteiger partial charge on any atom is 0.251 e. The summed E-state index contributed by atoms with van der Waals surface area (Å²) in [6.07, 6.45) is 3.82. The van der Waals surface area contributed by atoms with Crippen molar-refractivity contribution < 1.29 is 32.2 Å². The molecule has 1 saturated carbocycles. The van der Waals surface area contributed by atoms with E-state index in [4.69, 9.17) is 14.2 Å². The number of hydrogen-bond acceptors (Lipinski definition) is 5. The van der Waals surface area contributed by atoms with Crippen molar-refractivity contribution in [3.05, 3.63) is 94.3 Å². The third-order valence-electron chi connectivity index (χ3n) is 7.65. The lowest BCUT2D eigenvalue weighted by molar-refractivity contribution is -0.128. The molecule has 222 valence electrons. The molecule has 5 rings (SSSR count). The molecule has 0 radical (unpaired) electrons. The Bertz CT molecular complexity index is 1430. The first kappa shape index (κ1) is 29.5. The van der Waals surface area contributed by atoms with Crippen LogP contribution in [0.5, 0.6) is 17.2 Å². The third kappa shape index (κ3) is 6.90. The number of ether oxygens (including phenoxy) is 3. The van der Waals surface area contributed by atoms with E-state index in [1.54, 1.807) is 14.2 Å². The number of carbonyl (C=O) groups is 1. The molecule has 1 aliphatic carbocycles. The fourth-order valence-corrected chi connectivity index (χ4v) is 5.25. The van der Waals surface area contributed by atoms with Crippen molar-refractivity contribution in [2.45, 2.75) is 44.7 Å². The number of methoxy groups -OCH3 is 2. The zero-order valence-electron chi connectivity index (χ0n) is 23.9. The quantitative estimate of drug-likeness (QED) is 0.208. The molecule has 2 aliphatic rings. The van der Waals surface area contributed by atoms with Crippen LogP contribution in [0.4, 0.5) is 13.2 Å². The van der Waals surface area contributed by atoms with Crippen LogP contribution in [0.25, 0.3) is 5.57 Å². The van der Waals surface area contributed by atoms with Crippen LogP contribution in [-0.4, -0.2) is 50.8 Å². The lowest BCUT2D eigenvalue weighted by Gasteiger charge is -2.28. The minimum atomic E-state index is -1.32. The van der Waals surface area contributed by atoms with Crippen molar-refractivity contribution in [3.63, 3.8) is 0 Å². The molecule has 0 unspecified atom stereocenters. The van der Waals surface area contributed by atoms with Gasteiger partial charge in [0.1, 0.15) is 11.5 Å². The smallest absolute Gasteiger partial charge is 0.251 e. The molecule has 3 aromatic carbocycles. The summed E-state index contributed by atoms with van der Waals surface area (Å²) in [6, 6.07) is 15.5. The number of carbonyl (C=O) groups excluding carboxylic acids is 1. The van der Waals surface area contributed by atoms with E-state index in [0.29, 0.717) is 37.4 Å². The van der Waals surface area contributed by atoms with Crippen molar-refractivity contribution in [1.82, 2.24) is 10.2 Å². The van der Waals surface area contributed by atoms with Gasteiger partial charge < -0.3 is 24.4 Å². The average molecular weight is 581 g/mol. The molecular weight excluding hydrogens is 545 g/mol. The normalized spacial score (nSPS) is 15.0. The Balaban J connectivity index is 1.27. The van der Waals surface area contributed by atoms with Gasteiger partial charge in [0, 0.05) is 30.8 Å². The van der Waals surface area contributed by atoms with Crippen LogP contribution in [0.1, 0.15) is 42.4 Å².